The molecule has 3 fully saturated rings. The minimum Gasteiger partial charge on any atom is -0.463 e. The molecule has 0 saturated heterocycles. The maximum absolute atomic E-state index is 12.0. The molecule has 0 bridgehead atoms. The van der Waals surface area contributed by atoms with Gasteiger partial charge in [0.05, 0.1) is 25.2 Å². The van der Waals surface area contributed by atoms with Gasteiger partial charge >= 0.3 is 5.97 Å². The summed E-state index contributed by atoms with van der Waals surface area (Å²) in [7, 11) is 0. The van der Waals surface area contributed by atoms with Crippen molar-refractivity contribution in [2.45, 2.75) is 133 Å². The van der Waals surface area contributed by atoms with E-state index in [0.29, 0.717) is 17.4 Å². The number of carbonyl (C=O) groups is 1. The normalized spacial score (nSPS) is 36.6. The van der Waals surface area contributed by atoms with Crippen molar-refractivity contribution in [2.75, 3.05) is 19.8 Å². The molecule has 4 aliphatic rings. The molecule has 0 aromatic heterocycles. The van der Waals surface area contributed by atoms with Gasteiger partial charge in [-0.25, -0.2) is 0 Å². The van der Waals surface area contributed by atoms with Crippen molar-refractivity contribution in [1.82, 2.24) is 0 Å². The molecule has 0 radical (unpaired) electrons. The predicted octanol–water partition coefficient (Wildman–Crippen LogP) is 8.61. The van der Waals surface area contributed by atoms with Gasteiger partial charge in [0.15, 0.2) is 0 Å². The number of aliphatic hydroxyl groups is 1. The second-order valence-corrected chi connectivity index (χ2v) is 13.7. The van der Waals surface area contributed by atoms with Crippen LogP contribution in [-0.2, 0) is 14.3 Å². The smallest absolute Gasteiger partial charge is 0.311 e. The average molecular weight is 535 g/mol. The van der Waals surface area contributed by atoms with Gasteiger partial charge < -0.3 is 14.6 Å². The van der Waals surface area contributed by atoms with E-state index < -0.39 is 0 Å². The van der Waals surface area contributed by atoms with Crippen LogP contribution in [0.25, 0.3) is 0 Å². The van der Waals surface area contributed by atoms with Crippen molar-refractivity contribution < 1.29 is 19.4 Å². The minimum atomic E-state index is -0.286. The lowest BCUT2D eigenvalue weighted by Gasteiger charge is -2.58. The van der Waals surface area contributed by atoms with Crippen molar-refractivity contribution in [3.05, 3.63) is 11.6 Å². The van der Waals surface area contributed by atoms with Gasteiger partial charge in [-0.15, -0.1) is 0 Å². The topological polar surface area (TPSA) is 55.8 Å². The first-order valence-electron chi connectivity index (χ1n) is 15.3. The second kappa shape index (κ2) is 14.2. The number of ether oxygens (including phenoxy) is 2. The van der Waals surface area contributed by atoms with Gasteiger partial charge in [-0.1, -0.05) is 73.5 Å². The summed E-state index contributed by atoms with van der Waals surface area (Å²) in [6.07, 6.45) is 18.9. The molecule has 38 heavy (non-hydrogen) atoms. The number of esters is 1. The van der Waals surface area contributed by atoms with Crippen LogP contribution in [-0.4, -0.2) is 37.0 Å². The minimum absolute atomic E-state index is 0. The first-order valence-corrected chi connectivity index (χ1v) is 15.3. The quantitative estimate of drug-likeness (QED) is 0.164. The summed E-state index contributed by atoms with van der Waals surface area (Å²) in [5.41, 5.74) is 2.55. The molecule has 0 amide bonds. The highest BCUT2D eigenvalue weighted by Crippen LogP contribution is 2.66. The molecule has 0 aromatic rings. The molecule has 1 N–H and O–H groups in total. The Bertz CT molecular complexity index is 774. The van der Waals surface area contributed by atoms with E-state index in [1.807, 2.05) is 6.92 Å². The third-order valence-electron chi connectivity index (χ3n) is 11.2. The number of allylic oxidation sites excluding steroid dienone is 1. The lowest BCUT2D eigenvalue weighted by atomic mass is 9.47. The van der Waals surface area contributed by atoms with Crippen molar-refractivity contribution in [3.63, 3.8) is 0 Å². The predicted molar refractivity (Wildman–Crippen MR) is 159 cm³/mol. The molecule has 4 aliphatic carbocycles. The van der Waals surface area contributed by atoms with E-state index in [9.17, 15) is 4.79 Å². The van der Waals surface area contributed by atoms with E-state index in [0.717, 1.165) is 42.4 Å². The third kappa shape index (κ3) is 6.88. The summed E-state index contributed by atoms with van der Waals surface area (Å²) < 4.78 is 11.3. The Kier molecular flexibility index (Phi) is 12.4. The second-order valence-electron chi connectivity index (χ2n) is 13.7. The fourth-order valence-corrected chi connectivity index (χ4v) is 8.93. The zero-order chi connectivity index (χ0) is 25.9. The number of hydrogen-bond donors (Lipinski definition) is 1. The fraction of sp³-hybridized carbons (Fsp3) is 0.912. The number of carbonyl (C=O) groups excluding carboxylic acids is 1. The van der Waals surface area contributed by atoms with E-state index in [1.165, 1.54) is 64.2 Å². The van der Waals surface area contributed by atoms with Gasteiger partial charge in [0.1, 0.15) is 6.61 Å². The van der Waals surface area contributed by atoms with E-state index in [1.54, 1.807) is 5.57 Å². The van der Waals surface area contributed by atoms with Gasteiger partial charge in [-0.05, 0) is 105 Å². The SMILES string of the molecule is C.C.CC(C)CCCCC1CCC2C3CC=C4CC(OCC(C)C(=O)OCCO)CCC4(C)C3CCC12C. The molecule has 4 nitrogen and oxygen atoms in total. The standard InChI is InChI=1S/C32H54O4.2CH4/c1-22(2)8-6-7-9-24-11-13-28-27-12-10-25-20-26(36-21-23(3)30(34)35-19-18-33)14-16-32(25,5)29(27)15-17-31(24,28)4;;/h10,22-24,26-29,33H,6-9,11-21H2,1-5H3;2*1H4. The molecule has 0 aromatic carbocycles. The summed E-state index contributed by atoms with van der Waals surface area (Å²) in [4.78, 5) is 12.0. The number of aliphatic hydroxyl groups excluding tert-OH is 1. The van der Waals surface area contributed by atoms with E-state index in [4.69, 9.17) is 14.6 Å². The number of rotatable bonds is 11. The Hall–Kier alpha value is -0.870. The maximum atomic E-state index is 12.0. The fourth-order valence-electron chi connectivity index (χ4n) is 8.93. The van der Waals surface area contributed by atoms with Gasteiger partial charge in [-0.3, -0.25) is 4.79 Å². The van der Waals surface area contributed by atoms with E-state index in [2.05, 4.69) is 33.8 Å². The summed E-state index contributed by atoms with van der Waals surface area (Å²) >= 11 is 0. The highest BCUT2D eigenvalue weighted by Gasteiger charge is 2.58. The molecule has 0 heterocycles. The molecule has 4 heteroatoms. The van der Waals surface area contributed by atoms with Crippen LogP contribution in [0, 0.1) is 46.3 Å². The molecule has 8 unspecified atom stereocenters. The molecule has 0 aliphatic heterocycles. The van der Waals surface area contributed by atoms with Gasteiger partial charge in [-0.2, -0.15) is 0 Å². The molecule has 222 valence electrons. The lowest BCUT2D eigenvalue weighted by Crippen LogP contribution is -2.50. The van der Waals surface area contributed by atoms with Crippen LogP contribution in [0.1, 0.15) is 127 Å². The monoisotopic (exact) mass is 534 g/mol. The molecule has 4 rings (SSSR count). The lowest BCUT2D eigenvalue weighted by molar-refractivity contribution is -0.152. The molecule has 8 atom stereocenters. The summed E-state index contributed by atoms with van der Waals surface area (Å²) in [5.74, 6) is 3.86. The zero-order valence-corrected chi connectivity index (χ0v) is 23.9. The Morgan fingerprint density at radius 2 is 1.82 bits per heavy atom. The van der Waals surface area contributed by atoms with Crippen LogP contribution in [0.2, 0.25) is 0 Å². The number of unbranched alkanes of at least 4 members (excludes halogenated alkanes) is 1. The number of hydrogen-bond acceptors (Lipinski definition) is 4. The Labute approximate surface area is 235 Å². The Balaban J connectivity index is 0.00000253. The summed E-state index contributed by atoms with van der Waals surface area (Å²) in [5, 5.41) is 8.87. The maximum Gasteiger partial charge on any atom is 0.311 e. The summed E-state index contributed by atoms with van der Waals surface area (Å²) in [6, 6.07) is 0. The highest BCUT2D eigenvalue weighted by molar-refractivity contribution is 5.72. The number of fused-ring (bicyclic) bond motifs is 5. The van der Waals surface area contributed by atoms with Crippen molar-refractivity contribution in [2.24, 2.45) is 46.3 Å². The third-order valence-corrected chi connectivity index (χ3v) is 11.2. The molecular weight excluding hydrogens is 472 g/mol. The van der Waals surface area contributed by atoms with Crippen molar-refractivity contribution in [3.8, 4) is 0 Å². The first kappa shape index (κ1) is 33.3. The summed E-state index contributed by atoms with van der Waals surface area (Å²) in [6.45, 7) is 12.2. The van der Waals surface area contributed by atoms with E-state index in [-0.39, 0.29) is 46.1 Å². The zero-order valence-electron chi connectivity index (χ0n) is 23.9. The molecule has 3 saturated carbocycles. The van der Waals surface area contributed by atoms with Crippen molar-refractivity contribution in [1.29, 1.82) is 0 Å². The van der Waals surface area contributed by atoms with Crippen LogP contribution >= 0.6 is 0 Å². The van der Waals surface area contributed by atoms with Crippen LogP contribution in [0.5, 0.6) is 0 Å². The molecular formula is C34H62O4. The largest absolute Gasteiger partial charge is 0.463 e. The highest BCUT2D eigenvalue weighted by atomic mass is 16.5. The van der Waals surface area contributed by atoms with Gasteiger partial charge in [0.2, 0.25) is 0 Å². The van der Waals surface area contributed by atoms with Gasteiger partial charge in [0, 0.05) is 0 Å². The van der Waals surface area contributed by atoms with E-state index >= 15 is 0 Å². The van der Waals surface area contributed by atoms with Crippen LogP contribution in [0.3, 0.4) is 0 Å². The Morgan fingerprint density at radius 3 is 2.53 bits per heavy atom. The van der Waals surface area contributed by atoms with Gasteiger partial charge in [0.25, 0.3) is 0 Å². The average Bonchev–Trinajstić information content (AvgIpc) is 3.19. The van der Waals surface area contributed by atoms with Crippen LogP contribution in [0.15, 0.2) is 11.6 Å². The first-order chi connectivity index (χ1) is 17.2. The van der Waals surface area contributed by atoms with Crippen LogP contribution in [0.4, 0.5) is 0 Å². The molecule has 0 spiro atoms. The van der Waals surface area contributed by atoms with Crippen LogP contribution < -0.4 is 0 Å². The van der Waals surface area contributed by atoms with Crippen molar-refractivity contribution >= 4 is 5.97 Å². The Morgan fingerprint density at radius 1 is 1.05 bits per heavy atom.